The average Bonchev–Trinajstić information content (AvgIpc) is 4.60. The number of aliphatic hydroxyl groups is 8. The Kier molecular flexibility index (Phi) is 15.0. The highest BCUT2D eigenvalue weighted by Gasteiger charge is 2.45. The lowest BCUT2D eigenvalue weighted by Crippen LogP contribution is -2.59. The minimum Gasteiger partial charge on any atom is -0.394 e. The number of hydrogen-bond acceptors (Lipinski definition) is 18. The molecule has 9 aromatic rings. The van der Waals surface area contributed by atoms with Gasteiger partial charge in [0.1, 0.15) is 60.2 Å². The van der Waals surface area contributed by atoms with Crippen molar-refractivity contribution >= 4 is 46.4 Å². The van der Waals surface area contributed by atoms with Crippen LogP contribution in [-0.2, 0) is 32.2 Å². The van der Waals surface area contributed by atoms with Crippen LogP contribution in [0.25, 0.3) is 102 Å². The Morgan fingerprint density at radius 1 is 0.405 bits per heavy atom. The smallest absolute Gasteiger partial charge is 0.187 e. The number of rotatable bonds is 14. The summed E-state index contributed by atoms with van der Waals surface area (Å²) in [6.45, 7) is -1.47. The van der Waals surface area contributed by atoms with Gasteiger partial charge in [0, 0.05) is 44.3 Å². The molecule has 0 spiro atoms. The van der Waals surface area contributed by atoms with Gasteiger partial charge in [0.2, 0.25) is 0 Å². The second-order valence-electron chi connectivity index (χ2n) is 20.7. The van der Waals surface area contributed by atoms with Crippen LogP contribution in [0, 0.1) is 0 Å². The fraction of sp³-hybridized carbons (Fsp3) is 0.226. The first kappa shape index (κ1) is 54.5. The molecular formula is C62H56N10O12. The Bertz CT molecular complexity index is 3810. The molecule has 0 radical (unpaired) electrons. The molecule has 0 aliphatic carbocycles. The molecule has 22 nitrogen and oxygen atoms in total. The van der Waals surface area contributed by atoms with E-state index in [9.17, 15) is 40.9 Å². The molecule has 10 N–H and O–H groups in total. The summed E-state index contributed by atoms with van der Waals surface area (Å²) in [7, 11) is 0. The van der Waals surface area contributed by atoms with E-state index in [0.29, 0.717) is 34.2 Å². The van der Waals surface area contributed by atoms with Crippen molar-refractivity contribution in [2.75, 3.05) is 13.2 Å². The molecule has 5 aromatic heterocycles. The summed E-state index contributed by atoms with van der Waals surface area (Å²) >= 11 is 0. The summed E-state index contributed by atoms with van der Waals surface area (Å²) in [6, 6.07) is 44.1. The number of H-pyrrole nitrogens is 2. The maximum atomic E-state index is 10.5. The second-order valence-corrected chi connectivity index (χ2v) is 20.7. The lowest BCUT2D eigenvalue weighted by atomic mass is 9.99. The number of ether oxygens (including phenoxy) is 4. The molecule has 426 valence electrons. The van der Waals surface area contributed by atoms with Crippen molar-refractivity contribution in [2.24, 2.45) is 0 Å². The number of nitrogens with zero attached hydrogens (tertiary/aromatic N) is 8. The molecule has 4 aromatic carbocycles. The van der Waals surface area contributed by atoms with Gasteiger partial charge in [-0.3, -0.25) is 0 Å². The predicted octanol–water partition coefficient (Wildman–Crippen LogP) is 5.12. The van der Waals surface area contributed by atoms with Crippen LogP contribution in [0.2, 0.25) is 0 Å². The number of nitrogens with one attached hydrogen (secondary N) is 2. The Morgan fingerprint density at radius 3 is 1.07 bits per heavy atom. The van der Waals surface area contributed by atoms with Crippen LogP contribution in [0.4, 0.5) is 0 Å². The molecule has 84 heavy (non-hydrogen) atoms. The number of benzene rings is 4. The number of fused-ring (bicyclic) bond motifs is 8. The van der Waals surface area contributed by atoms with Crippen molar-refractivity contribution in [2.45, 2.75) is 74.6 Å². The summed E-state index contributed by atoms with van der Waals surface area (Å²) in [5.41, 5.74) is 15.3. The normalized spacial score (nSPS) is 23.1. The van der Waals surface area contributed by atoms with Gasteiger partial charge in [-0.2, -0.15) is 0 Å². The Balaban J connectivity index is 0.906. The van der Waals surface area contributed by atoms with E-state index in [4.69, 9.17) is 28.9 Å². The minimum atomic E-state index is -1.58. The zero-order valence-corrected chi connectivity index (χ0v) is 44.6. The van der Waals surface area contributed by atoms with Crippen molar-refractivity contribution in [1.82, 2.24) is 49.9 Å². The van der Waals surface area contributed by atoms with E-state index in [1.165, 1.54) is 0 Å². The molecular weight excluding hydrogens is 1080 g/mol. The highest BCUT2D eigenvalue weighted by atomic mass is 16.7. The van der Waals surface area contributed by atoms with Crippen LogP contribution in [0.5, 0.6) is 0 Å². The minimum absolute atomic E-state index is 0.153. The van der Waals surface area contributed by atoms with Crippen LogP contribution in [-0.4, -0.2) is 165 Å². The highest BCUT2D eigenvalue weighted by molar-refractivity contribution is 6.00. The third kappa shape index (κ3) is 10.5. The van der Waals surface area contributed by atoms with Gasteiger partial charge in [-0.05, 0) is 95.1 Å². The highest BCUT2D eigenvalue weighted by Crippen LogP contribution is 2.39. The van der Waals surface area contributed by atoms with E-state index in [1.807, 2.05) is 97.1 Å². The molecule has 0 unspecified atom stereocenters. The SMILES string of the molecule is OC[C@H]1O[C@H](OCc2cn(-c3ccc(-c4c5nc(c(-c6ccc(-n7cc(CO[C@H]8O[C@H](CO)[C@@H](O)[C@H](O)[C@@H]8O)nn7)cc6)c6ccc([nH]6)c(-c6ccccc6)c6nc(c(-c7ccccc7)c7ccc4[nH]7)C=C6)C=C5)cc3)nn2)[C@@H](O)[C@@H](O)[C@@H]1O. The van der Waals surface area contributed by atoms with Crippen LogP contribution in [0.1, 0.15) is 34.2 Å². The molecule has 9 heterocycles. The first-order valence-electron chi connectivity index (χ1n) is 27.2. The molecule has 4 aliphatic heterocycles. The summed E-state index contributed by atoms with van der Waals surface area (Å²) in [4.78, 5) is 18.4. The van der Waals surface area contributed by atoms with E-state index in [1.54, 1.807) is 21.8 Å². The maximum Gasteiger partial charge on any atom is 0.187 e. The standard InChI is InChI=1S/C62H56N10O12/c73-29-49-55(75)57(77)59(79)61(83-49)81-31-37-27-71(69-67-37)39-15-11-35(12-16-39)53-45-23-21-43(64-45)51(33-7-3-1-4-8-33)41-19-20-42(63-41)52(34-9-5-2-6-10-34)44-22-24-46(65-44)54(48-26-25-47(53)66-48)36-13-17-40(18-14-36)72-28-38(68-70-72)32-82-62-60(80)58(78)56(76)50(30-74)84-62/h1-28,49-50,55-62,64-65,73-80H,29-32H2/t49-,50-,55-,56-,57+,58+,59+,60+,61+,62+/m1/s1. The van der Waals surface area contributed by atoms with Gasteiger partial charge in [-0.15, -0.1) is 10.2 Å². The number of aromatic nitrogens is 10. The molecule has 4 aliphatic rings. The molecule has 0 amide bonds. The van der Waals surface area contributed by atoms with E-state index >= 15 is 0 Å². The van der Waals surface area contributed by atoms with Crippen molar-refractivity contribution < 1.29 is 59.8 Å². The Morgan fingerprint density at radius 2 is 0.738 bits per heavy atom. The largest absolute Gasteiger partial charge is 0.394 e. The van der Waals surface area contributed by atoms with Gasteiger partial charge in [-0.1, -0.05) is 95.4 Å². The molecule has 2 saturated heterocycles. The predicted molar refractivity (Wildman–Crippen MR) is 308 cm³/mol. The van der Waals surface area contributed by atoms with E-state index < -0.39 is 74.6 Å². The fourth-order valence-corrected chi connectivity index (χ4v) is 10.9. The summed E-state index contributed by atoms with van der Waals surface area (Å²) in [5, 5.41) is 98.4. The first-order chi connectivity index (χ1) is 41.0. The van der Waals surface area contributed by atoms with Crippen LogP contribution in [0.3, 0.4) is 0 Å². The molecule has 10 atom stereocenters. The van der Waals surface area contributed by atoms with E-state index in [2.05, 4.69) is 91.3 Å². The molecule has 2 fully saturated rings. The van der Waals surface area contributed by atoms with Crippen LogP contribution >= 0.6 is 0 Å². The first-order valence-corrected chi connectivity index (χ1v) is 27.2. The maximum absolute atomic E-state index is 10.5. The van der Waals surface area contributed by atoms with Crippen molar-refractivity contribution in [3.63, 3.8) is 0 Å². The lowest BCUT2D eigenvalue weighted by molar-refractivity contribution is -0.304. The molecule has 8 bridgehead atoms. The topological polar surface area (TPSA) is 318 Å². The van der Waals surface area contributed by atoms with Gasteiger partial charge in [-0.25, -0.2) is 19.3 Å². The quantitative estimate of drug-likeness (QED) is 0.0676. The lowest BCUT2D eigenvalue weighted by Gasteiger charge is -2.39. The Hall–Kier alpha value is -8.72. The summed E-state index contributed by atoms with van der Waals surface area (Å²) in [6.07, 6.45) is -2.77. The number of aliphatic hydroxyl groups excluding tert-OH is 8. The molecule has 0 saturated carbocycles. The number of aromatic amines is 2. The fourth-order valence-electron chi connectivity index (χ4n) is 10.9. The van der Waals surface area contributed by atoms with Crippen LogP contribution in [0.15, 0.2) is 146 Å². The summed E-state index contributed by atoms with van der Waals surface area (Å²) in [5.74, 6) is 0. The van der Waals surface area contributed by atoms with Gasteiger partial charge in [0.25, 0.3) is 0 Å². The second kappa shape index (κ2) is 23.1. The van der Waals surface area contributed by atoms with Crippen molar-refractivity contribution in [3.8, 4) is 55.9 Å². The Labute approximate surface area is 478 Å². The van der Waals surface area contributed by atoms with Crippen molar-refractivity contribution in [1.29, 1.82) is 0 Å². The summed E-state index contributed by atoms with van der Waals surface area (Å²) < 4.78 is 25.6. The van der Waals surface area contributed by atoms with E-state index in [-0.39, 0.29) is 13.2 Å². The monoisotopic (exact) mass is 1130 g/mol. The van der Waals surface area contributed by atoms with Crippen LogP contribution < -0.4 is 0 Å². The molecule has 22 heteroatoms. The van der Waals surface area contributed by atoms with Gasteiger partial charge in [0.15, 0.2) is 12.6 Å². The number of hydrogen-bond donors (Lipinski definition) is 10. The average molecular weight is 1130 g/mol. The van der Waals surface area contributed by atoms with Gasteiger partial charge >= 0.3 is 0 Å². The van der Waals surface area contributed by atoms with Crippen molar-refractivity contribution in [3.05, 3.63) is 180 Å². The molecule has 13 rings (SSSR count). The van der Waals surface area contributed by atoms with Gasteiger partial charge in [0.05, 0.1) is 73.0 Å². The zero-order chi connectivity index (χ0) is 57.6. The zero-order valence-electron chi connectivity index (χ0n) is 44.6. The third-order valence-corrected chi connectivity index (χ3v) is 15.3. The van der Waals surface area contributed by atoms with Gasteiger partial charge < -0.3 is 69.8 Å². The van der Waals surface area contributed by atoms with E-state index in [0.717, 1.165) is 78.0 Å². The third-order valence-electron chi connectivity index (χ3n) is 15.3.